The van der Waals surface area contributed by atoms with Gasteiger partial charge in [0.1, 0.15) is 6.04 Å². The zero-order chi connectivity index (χ0) is 44.8. The van der Waals surface area contributed by atoms with Crippen LogP contribution in [0.25, 0.3) is 0 Å². The number of anilines is 1. The monoisotopic (exact) mass is 837 g/mol. The fraction of sp³-hybridized carbons (Fsp3) is 0.660. The van der Waals surface area contributed by atoms with E-state index >= 15 is 0 Å². The van der Waals surface area contributed by atoms with Crippen molar-refractivity contribution >= 4 is 29.3 Å². The molecule has 1 aliphatic rings. The molecule has 10 atom stereocenters. The lowest BCUT2D eigenvalue weighted by Crippen LogP contribution is -2.60. The molecule has 2 aromatic rings. The lowest BCUT2D eigenvalue weighted by atomic mass is 9.89. The van der Waals surface area contributed by atoms with E-state index in [0.29, 0.717) is 30.8 Å². The van der Waals surface area contributed by atoms with Crippen molar-refractivity contribution in [2.24, 2.45) is 23.7 Å². The number of likely N-dealkylation sites (tertiary alicyclic amines) is 1. The first kappa shape index (κ1) is 50.3. The molecule has 1 heterocycles. The fourth-order valence-corrected chi connectivity index (χ4v) is 8.79. The second-order valence-corrected chi connectivity index (χ2v) is 17.6. The minimum absolute atomic E-state index is 0.0144. The summed E-state index contributed by atoms with van der Waals surface area (Å²) in [6.07, 6.45) is 0.792. The van der Waals surface area contributed by atoms with Crippen LogP contribution in [-0.2, 0) is 35.1 Å². The number of nitrogens with zero attached hydrogens (tertiary/aromatic N) is 3. The van der Waals surface area contributed by atoms with Crippen LogP contribution in [0.2, 0.25) is 0 Å². The second-order valence-electron chi connectivity index (χ2n) is 17.6. The number of amides is 4. The molecule has 4 amide bonds. The van der Waals surface area contributed by atoms with E-state index in [-0.39, 0.29) is 53.8 Å². The number of nitrogens with two attached hydrogens (primary N) is 1. The highest BCUT2D eigenvalue weighted by molar-refractivity contribution is 5.90. The molecule has 0 radical (unpaired) electrons. The molecule has 1 aliphatic heterocycles. The number of methoxy groups -OCH3 is 2. The maximum Gasteiger partial charge on any atom is 0.245 e. The Balaban J connectivity index is 1.75. The number of benzene rings is 2. The second kappa shape index (κ2) is 23.8. The van der Waals surface area contributed by atoms with Crippen molar-refractivity contribution in [3.8, 4) is 0 Å². The summed E-state index contributed by atoms with van der Waals surface area (Å²) in [7, 11) is 6.80. The van der Waals surface area contributed by atoms with Gasteiger partial charge in [-0.1, -0.05) is 97.4 Å². The molecule has 13 nitrogen and oxygen atoms in total. The molecule has 0 spiro atoms. The van der Waals surface area contributed by atoms with Gasteiger partial charge in [-0.3, -0.25) is 24.1 Å². The molecule has 336 valence electrons. The van der Waals surface area contributed by atoms with Crippen molar-refractivity contribution in [1.29, 1.82) is 0 Å². The van der Waals surface area contributed by atoms with Gasteiger partial charge >= 0.3 is 0 Å². The quantitative estimate of drug-likeness (QED) is 0.112. The Morgan fingerprint density at radius 3 is 2.07 bits per heavy atom. The van der Waals surface area contributed by atoms with E-state index in [4.69, 9.17) is 15.2 Å². The van der Waals surface area contributed by atoms with Crippen molar-refractivity contribution in [3.63, 3.8) is 0 Å². The molecule has 0 bridgehead atoms. The number of hydrogen-bond acceptors (Lipinski definition) is 9. The van der Waals surface area contributed by atoms with Crippen LogP contribution in [0.5, 0.6) is 0 Å². The van der Waals surface area contributed by atoms with Gasteiger partial charge in [0.25, 0.3) is 0 Å². The summed E-state index contributed by atoms with van der Waals surface area (Å²) in [4.78, 5) is 61.9. The topological polar surface area (TPSA) is 167 Å². The predicted octanol–water partition coefficient (Wildman–Crippen LogP) is 5.07. The summed E-state index contributed by atoms with van der Waals surface area (Å²) < 4.78 is 12.0. The third-order valence-corrected chi connectivity index (χ3v) is 12.6. The van der Waals surface area contributed by atoms with Gasteiger partial charge in [0.15, 0.2) is 0 Å². The van der Waals surface area contributed by atoms with Crippen LogP contribution in [0.3, 0.4) is 0 Å². The average Bonchev–Trinajstić information content (AvgIpc) is 3.71. The van der Waals surface area contributed by atoms with Crippen LogP contribution >= 0.6 is 0 Å². The van der Waals surface area contributed by atoms with E-state index in [1.54, 1.807) is 44.9 Å². The minimum atomic E-state index is -0.885. The van der Waals surface area contributed by atoms with E-state index in [1.165, 1.54) is 0 Å². The number of aliphatic hydroxyl groups excluding tert-OH is 1. The third kappa shape index (κ3) is 13.2. The maximum absolute atomic E-state index is 14.5. The Kier molecular flexibility index (Phi) is 20.0. The number of likely N-dealkylation sites (N-methyl/N-ethyl adjacent to an activating group) is 2. The van der Waals surface area contributed by atoms with E-state index in [2.05, 4.69) is 10.6 Å². The number of ether oxygens (including phenoxy) is 2. The molecular formula is C47H76N6O7. The molecule has 2 unspecified atom stereocenters. The van der Waals surface area contributed by atoms with Crippen LogP contribution in [0.4, 0.5) is 5.69 Å². The van der Waals surface area contributed by atoms with Gasteiger partial charge in [-0.2, -0.15) is 0 Å². The number of aliphatic hydroxyl groups is 1. The molecule has 0 aliphatic carbocycles. The summed E-state index contributed by atoms with van der Waals surface area (Å²) in [5, 5.41) is 17.0. The number of nitrogen functional groups attached to an aromatic ring is 1. The van der Waals surface area contributed by atoms with Crippen molar-refractivity contribution in [2.75, 3.05) is 47.1 Å². The Morgan fingerprint density at radius 1 is 0.883 bits per heavy atom. The normalized spacial score (nSPS) is 18.9. The van der Waals surface area contributed by atoms with Gasteiger partial charge in [-0.25, -0.2) is 0 Å². The lowest BCUT2D eigenvalue weighted by Gasteiger charge is -2.41. The molecule has 5 N–H and O–H groups in total. The predicted molar refractivity (Wildman–Crippen MR) is 238 cm³/mol. The van der Waals surface area contributed by atoms with Crippen LogP contribution in [0.15, 0.2) is 54.6 Å². The van der Waals surface area contributed by atoms with Crippen LogP contribution in [0, 0.1) is 23.7 Å². The van der Waals surface area contributed by atoms with E-state index in [9.17, 15) is 24.3 Å². The Morgan fingerprint density at radius 2 is 1.52 bits per heavy atom. The first-order valence-corrected chi connectivity index (χ1v) is 21.9. The average molecular weight is 837 g/mol. The fourth-order valence-electron chi connectivity index (χ4n) is 8.79. The molecule has 0 aromatic heterocycles. The lowest BCUT2D eigenvalue weighted by molar-refractivity contribution is -0.148. The smallest absolute Gasteiger partial charge is 0.245 e. The maximum atomic E-state index is 14.5. The summed E-state index contributed by atoms with van der Waals surface area (Å²) in [6.45, 7) is 16.7. The number of hydrogen-bond donors (Lipinski definition) is 4. The molecule has 1 saturated heterocycles. The van der Waals surface area contributed by atoms with E-state index < -0.39 is 48.4 Å². The Labute approximate surface area is 360 Å². The molecule has 3 rings (SSSR count). The van der Waals surface area contributed by atoms with Crippen molar-refractivity contribution < 1.29 is 33.8 Å². The highest BCUT2D eigenvalue weighted by atomic mass is 16.5. The van der Waals surface area contributed by atoms with Gasteiger partial charge in [0, 0.05) is 40.0 Å². The molecule has 1 fully saturated rings. The Bertz CT molecular complexity index is 1640. The molecule has 60 heavy (non-hydrogen) atoms. The highest BCUT2D eigenvalue weighted by Gasteiger charge is 2.43. The van der Waals surface area contributed by atoms with Gasteiger partial charge < -0.3 is 40.7 Å². The zero-order valence-corrected chi connectivity index (χ0v) is 38.4. The van der Waals surface area contributed by atoms with E-state index in [0.717, 1.165) is 24.8 Å². The van der Waals surface area contributed by atoms with Crippen molar-refractivity contribution in [1.82, 2.24) is 25.3 Å². The van der Waals surface area contributed by atoms with Gasteiger partial charge in [-0.15, -0.1) is 0 Å². The number of nitrogens with one attached hydrogen (secondary N) is 2. The first-order valence-electron chi connectivity index (χ1n) is 21.9. The SMILES string of the molecule is CC[C@H](C)C([C@@H](CC(=O)N1CCC[C@H]1[C@H](OC)[C@@H](C)C(=O)N[C@H](C)[C@@H](O)c1ccccc1)OC)N(C)C(=O)[C@@H](NC(=O)C(C(C)C)N(C)CCc1ccc(N)cc1)C(C)C. The summed E-state index contributed by atoms with van der Waals surface area (Å²) in [5.41, 5.74) is 8.41. The molecule has 0 saturated carbocycles. The van der Waals surface area contributed by atoms with Crippen LogP contribution < -0.4 is 16.4 Å². The summed E-state index contributed by atoms with van der Waals surface area (Å²) in [5.74, 6) is -1.74. The molecule has 2 aromatic carbocycles. The number of carbonyl (C=O) groups is 4. The largest absolute Gasteiger partial charge is 0.399 e. The Hall–Kier alpha value is -4.04. The van der Waals surface area contributed by atoms with E-state index in [1.807, 2.05) is 108 Å². The van der Waals surface area contributed by atoms with Crippen molar-refractivity contribution in [3.05, 3.63) is 65.7 Å². The summed E-state index contributed by atoms with van der Waals surface area (Å²) in [6, 6.07) is 14.3. The minimum Gasteiger partial charge on any atom is -0.399 e. The standard InChI is InChI=1S/C47H76N6O7/c1-13-31(6)42(52(10)47(58)40(29(2)3)50-46(57)41(30(4)5)51(9)27-25-34-21-23-36(48)24-22-34)38(59-11)28-39(54)53-26-17-20-37(53)44(60-12)32(7)45(56)49-33(8)43(55)35-18-15-14-16-19-35/h14-16,18-19,21-24,29-33,37-38,40-44,55H,13,17,20,25-28,48H2,1-12H3,(H,49,56)(H,50,57)/t31-,32+,33+,37-,38+,40-,41?,42?,43+,44+/m0/s1. The van der Waals surface area contributed by atoms with Crippen molar-refractivity contribution in [2.45, 2.75) is 136 Å². The zero-order valence-electron chi connectivity index (χ0n) is 38.4. The molecule has 13 heteroatoms. The van der Waals surface area contributed by atoms with Gasteiger partial charge in [0.2, 0.25) is 23.6 Å². The van der Waals surface area contributed by atoms with Gasteiger partial charge in [-0.05, 0) is 74.2 Å². The third-order valence-electron chi connectivity index (χ3n) is 12.6. The number of rotatable bonds is 23. The number of carbonyl (C=O) groups excluding carboxylic acids is 4. The van der Waals surface area contributed by atoms with Crippen LogP contribution in [0.1, 0.15) is 98.3 Å². The van der Waals surface area contributed by atoms with Gasteiger partial charge in [0.05, 0.1) is 54.8 Å². The van der Waals surface area contributed by atoms with Crippen LogP contribution in [-0.4, -0.2) is 127 Å². The summed E-state index contributed by atoms with van der Waals surface area (Å²) >= 11 is 0. The first-order chi connectivity index (χ1) is 28.4. The molecular weight excluding hydrogens is 761 g/mol. The highest BCUT2D eigenvalue weighted by Crippen LogP contribution is 2.30.